The van der Waals surface area contributed by atoms with E-state index in [-0.39, 0.29) is 0 Å². The van der Waals surface area contributed by atoms with E-state index in [2.05, 4.69) is 16.8 Å². The average Bonchev–Trinajstić information content (AvgIpc) is 1.94. The molecule has 0 amide bonds. The van der Waals surface area contributed by atoms with Crippen LogP contribution in [0.5, 0.6) is 0 Å². The van der Waals surface area contributed by atoms with Crippen molar-refractivity contribution < 1.29 is 0 Å². The van der Waals surface area contributed by atoms with E-state index < -0.39 is 0 Å². The van der Waals surface area contributed by atoms with Crippen molar-refractivity contribution in [2.24, 2.45) is 10.2 Å². The minimum absolute atomic E-state index is 0.647. The molecule has 0 aliphatic rings. The summed E-state index contributed by atoms with van der Waals surface area (Å²) in [7, 11) is 0. The fourth-order valence-electron chi connectivity index (χ4n) is 0.215. The molecule has 0 heterocycles. The van der Waals surface area contributed by atoms with Gasteiger partial charge in [0.25, 0.3) is 0 Å². The first kappa shape index (κ1) is 11.2. The van der Waals surface area contributed by atoms with Gasteiger partial charge in [-0.1, -0.05) is 19.9 Å². The largest absolute Gasteiger partial charge is 0.194 e. The maximum atomic E-state index is 3.72. The average molecular weight is 128 g/mol. The lowest BCUT2D eigenvalue weighted by Crippen LogP contribution is -1.67. The molecule has 54 valence electrons. The maximum absolute atomic E-state index is 3.72. The van der Waals surface area contributed by atoms with Crippen LogP contribution in [-0.2, 0) is 0 Å². The molecule has 0 aliphatic heterocycles. The van der Waals surface area contributed by atoms with Gasteiger partial charge in [-0.05, 0) is 6.92 Å². The van der Waals surface area contributed by atoms with Crippen LogP contribution in [0, 0.1) is 0 Å². The summed E-state index contributed by atoms with van der Waals surface area (Å²) in [6.07, 6.45) is 1.72. The Morgan fingerprint density at radius 1 is 1.33 bits per heavy atom. The summed E-state index contributed by atoms with van der Waals surface area (Å²) in [5.41, 5.74) is 0. The third-order valence-electron chi connectivity index (χ3n) is 0.452. The predicted molar refractivity (Wildman–Crippen MR) is 41.8 cm³/mol. The van der Waals surface area contributed by atoms with Crippen molar-refractivity contribution in [2.45, 2.75) is 20.8 Å². The van der Waals surface area contributed by atoms with E-state index >= 15 is 0 Å². The smallest absolute Gasteiger partial charge is 0.0777 e. The topological polar surface area (TPSA) is 24.7 Å². The van der Waals surface area contributed by atoms with Crippen LogP contribution in [0.25, 0.3) is 0 Å². The minimum atomic E-state index is 0.647. The molecule has 0 unspecified atom stereocenters. The van der Waals surface area contributed by atoms with E-state index in [1.807, 2.05) is 20.8 Å². The second-order valence-corrected chi connectivity index (χ2v) is 1.07. The first-order chi connectivity index (χ1) is 4.41. The molecule has 0 aromatic carbocycles. The molecule has 0 saturated carbocycles. The zero-order chi connectivity index (χ0) is 7.54. The molecule has 2 nitrogen and oxygen atoms in total. The Bertz CT molecular complexity index is 67.3. The van der Waals surface area contributed by atoms with Gasteiger partial charge in [0.15, 0.2) is 0 Å². The molecule has 0 N–H and O–H groups in total. The molecule has 9 heavy (non-hydrogen) atoms. The molecule has 0 bridgehead atoms. The Morgan fingerprint density at radius 3 is 2.22 bits per heavy atom. The molecule has 0 aromatic rings. The first-order valence-corrected chi connectivity index (χ1v) is 3.36. The van der Waals surface area contributed by atoms with E-state index in [0.717, 1.165) is 6.54 Å². The SMILES string of the molecule is C=CCN=NCC.CC. The number of nitrogens with zero attached hydrogens (tertiary/aromatic N) is 2. The van der Waals surface area contributed by atoms with Gasteiger partial charge in [0, 0.05) is 0 Å². The summed E-state index contributed by atoms with van der Waals surface area (Å²) in [6.45, 7) is 10.8. The van der Waals surface area contributed by atoms with Gasteiger partial charge in [-0.25, -0.2) is 0 Å². The Balaban J connectivity index is 0. The fraction of sp³-hybridized carbons (Fsp3) is 0.714. The fourth-order valence-corrected chi connectivity index (χ4v) is 0.215. The van der Waals surface area contributed by atoms with Crippen LogP contribution in [0.1, 0.15) is 20.8 Å². The van der Waals surface area contributed by atoms with E-state index in [0.29, 0.717) is 6.54 Å². The highest BCUT2D eigenvalue weighted by Crippen LogP contribution is 1.73. The second-order valence-electron chi connectivity index (χ2n) is 1.07. The Hall–Kier alpha value is -0.660. The van der Waals surface area contributed by atoms with E-state index in [9.17, 15) is 0 Å². The molecule has 2 heteroatoms. The Morgan fingerprint density at radius 2 is 1.89 bits per heavy atom. The molecule has 0 aromatic heterocycles. The van der Waals surface area contributed by atoms with Gasteiger partial charge in [0.2, 0.25) is 0 Å². The summed E-state index contributed by atoms with van der Waals surface area (Å²) < 4.78 is 0. The van der Waals surface area contributed by atoms with Crippen molar-refractivity contribution in [2.75, 3.05) is 13.1 Å². The van der Waals surface area contributed by atoms with Crippen molar-refractivity contribution >= 4 is 0 Å². The number of hydrogen-bond donors (Lipinski definition) is 0. The number of hydrogen-bond acceptors (Lipinski definition) is 2. The van der Waals surface area contributed by atoms with Gasteiger partial charge in [-0.15, -0.1) is 6.58 Å². The maximum Gasteiger partial charge on any atom is 0.0777 e. The second kappa shape index (κ2) is 15.7. The molecular formula is C7H16N2. The molecule has 0 saturated heterocycles. The van der Waals surface area contributed by atoms with Gasteiger partial charge in [0.1, 0.15) is 0 Å². The van der Waals surface area contributed by atoms with E-state index in [1.165, 1.54) is 0 Å². The third-order valence-corrected chi connectivity index (χ3v) is 0.452. The third kappa shape index (κ3) is 18.8. The molecule has 0 spiro atoms. The molecular weight excluding hydrogens is 112 g/mol. The first-order valence-electron chi connectivity index (χ1n) is 3.36. The quantitative estimate of drug-likeness (QED) is 0.412. The standard InChI is InChI=1S/C5H10N2.C2H6/c1-3-5-7-6-4-2;1-2/h3H,1,4-5H2,2H3;1-2H3. The van der Waals surface area contributed by atoms with Crippen LogP contribution in [0.3, 0.4) is 0 Å². The van der Waals surface area contributed by atoms with Crippen molar-refractivity contribution in [3.05, 3.63) is 12.7 Å². The van der Waals surface area contributed by atoms with E-state index in [1.54, 1.807) is 6.08 Å². The van der Waals surface area contributed by atoms with Crippen molar-refractivity contribution in [3.8, 4) is 0 Å². The summed E-state index contributed by atoms with van der Waals surface area (Å²) >= 11 is 0. The lowest BCUT2D eigenvalue weighted by molar-refractivity contribution is 0.937. The van der Waals surface area contributed by atoms with Crippen LogP contribution >= 0.6 is 0 Å². The summed E-state index contributed by atoms with van der Waals surface area (Å²) in [5, 5.41) is 7.43. The molecule has 0 rings (SSSR count). The van der Waals surface area contributed by atoms with Gasteiger partial charge < -0.3 is 0 Å². The van der Waals surface area contributed by atoms with Crippen LogP contribution in [-0.4, -0.2) is 13.1 Å². The lowest BCUT2D eigenvalue weighted by Gasteiger charge is -1.76. The summed E-state index contributed by atoms with van der Waals surface area (Å²) in [5.74, 6) is 0. The van der Waals surface area contributed by atoms with Gasteiger partial charge in [0.05, 0.1) is 13.1 Å². The zero-order valence-corrected chi connectivity index (χ0v) is 6.59. The van der Waals surface area contributed by atoms with Gasteiger partial charge in [-0.2, -0.15) is 10.2 Å². The van der Waals surface area contributed by atoms with Crippen LogP contribution in [0.4, 0.5) is 0 Å². The zero-order valence-electron chi connectivity index (χ0n) is 6.59. The van der Waals surface area contributed by atoms with Crippen LogP contribution in [0.15, 0.2) is 22.9 Å². The van der Waals surface area contributed by atoms with Gasteiger partial charge >= 0.3 is 0 Å². The normalized spacial score (nSPS) is 8.33. The minimum Gasteiger partial charge on any atom is -0.194 e. The lowest BCUT2D eigenvalue weighted by atomic mass is 10.7. The molecule has 0 radical (unpaired) electrons. The summed E-state index contributed by atoms with van der Waals surface area (Å²) in [4.78, 5) is 0. The Labute approximate surface area is 57.7 Å². The number of rotatable bonds is 3. The predicted octanol–water partition coefficient (Wildman–Crippen LogP) is 2.67. The van der Waals surface area contributed by atoms with Gasteiger partial charge in [-0.3, -0.25) is 0 Å². The molecule has 0 atom stereocenters. The molecule has 0 aliphatic carbocycles. The number of azo groups is 1. The van der Waals surface area contributed by atoms with Crippen molar-refractivity contribution in [1.82, 2.24) is 0 Å². The highest BCUT2D eigenvalue weighted by Gasteiger charge is 1.63. The monoisotopic (exact) mass is 128 g/mol. The highest BCUT2D eigenvalue weighted by molar-refractivity contribution is 4.67. The van der Waals surface area contributed by atoms with E-state index in [4.69, 9.17) is 0 Å². The van der Waals surface area contributed by atoms with Crippen LogP contribution < -0.4 is 0 Å². The molecule has 0 fully saturated rings. The highest BCUT2D eigenvalue weighted by atomic mass is 15.1. The van der Waals surface area contributed by atoms with Crippen LogP contribution in [0.2, 0.25) is 0 Å². The summed E-state index contributed by atoms with van der Waals surface area (Å²) in [6, 6.07) is 0. The van der Waals surface area contributed by atoms with Crippen molar-refractivity contribution in [1.29, 1.82) is 0 Å². The van der Waals surface area contributed by atoms with Crippen molar-refractivity contribution in [3.63, 3.8) is 0 Å². The Kier molecular flexibility index (Phi) is 19.5.